The van der Waals surface area contributed by atoms with Gasteiger partial charge in [0, 0.05) is 31.5 Å². The molecule has 0 saturated carbocycles. The van der Waals surface area contributed by atoms with Crippen LogP contribution in [-0.2, 0) is 16.0 Å². The minimum absolute atomic E-state index is 0.00555. The van der Waals surface area contributed by atoms with Gasteiger partial charge in [-0.15, -0.1) is 11.3 Å². The van der Waals surface area contributed by atoms with Crippen LogP contribution in [-0.4, -0.2) is 28.7 Å². The predicted molar refractivity (Wildman–Crippen MR) is 94.9 cm³/mol. The normalized spacial score (nSPS) is 16.3. The zero-order valence-electron chi connectivity index (χ0n) is 13.7. The van der Waals surface area contributed by atoms with Gasteiger partial charge in [0.15, 0.2) is 5.13 Å². The van der Waals surface area contributed by atoms with Gasteiger partial charge in [0.2, 0.25) is 11.8 Å². The summed E-state index contributed by atoms with van der Waals surface area (Å²) < 4.78 is 0. The Hall–Kier alpha value is -2.21. The number of fused-ring (bicyclic) bond motifs is 1. The maximum absolute atomic E-state index is 12.5. The van der Waals surface area contributed by atoms with E-state index in [9.17, 15) is 9.59 Å². The first-order valence-corrected chi connectivity index (χ1v) is 9.06. The molecule has 0 unspecified atom stereocenters. The van der Waals surface area contributed by atoms with Crippen LogP contribution in [0.15, 0.2) is 35.8 Å². The largest absolute Gasteiger partial charge is 0.339 e. The summed E-state index contributed by atoms with van der Waals surface area (Å²) in [6, 6.07) is 8.44. The van der Waals surface area contributed by atoms with Crippen molar-refractivity contribution >= 4 is 28.3 Å². The molecule has 1 aromatic heterocycles. The van der Waals surface area contributed by atoms with Gasteiger partial charge in [-0.2, -0.15) is 0 Å². The molecule has 0 saturated heterocycles. The third-order valence-corrected chi connectivity index (χ3v) is 5.13. The third kappa shape index (κ3) is 3.82. The van der Waals surface area contributed by atoms with Crippen LogP contribution in [0.2, 0.25) is 0 Å². The SMILES string of the molecule is CN(C(=O)CCC(=O)Nc1nccs1)[C@@H]1CCCc2ccccc21. The number of carbonyl (C=O) groups excluding carboxylic acids is 2. The number of aromatic nitrogens is 1. The van der Waals surface area contributed by atoms with Gasteiger partial charge in [-0.25, -0.2) is 4.98 Å². The van der Waals surface area contributed by atoms with E-state index in [0.717, 1.165) is 19.3 Å². The fourth-order valence-corrected chi connectivity index (χ4v) is 3.71. The summed E-state index contributed by atoms with van der Waals surface area (Å²) in [4.78, 5) is 30.2. The summed E-state index contributed by atoms with van der Waals surface area (Å²) in [5.41, 5.74) is 2.57. The first-order chi connectivity index (χ1) is 11.6. The van der Waals surface area contributed by atoms with E-state index in [1.165, 1.54) is 22.5 Å². The van der Waals surface area contributed by atoms with Gasteiger partial charge >= 0.3 is 0 Å². The lowest BCUT2D eigenvalue weighted by molar-refractivity contribution is -0.134. The van der Waals surface area contributed by atoms with Crippen molar-refractivity contribution in [3.05, 3.63) is 47.0 Å². The van der Waals surface area contributed by atoms with Crippen LogP contribution in [0.25, 0.3) is 0 Å². The highest BCUT2D eigenvalue weighted by molar-refractivity contribution is 7.13. The van der Waals surface area contributed by atoms with Gasteiger partial charge in [-0.1, -0.05) is 24.3 Å². The van der Waals surface area contributed by atoms with Gasteiger partial charge in [-0.05, 0) is 30.4 Å². The Morgan fingerprint density at radius 1 is 1.33 bits per heavy atom. The van der Waals surface area contributed by atoms with Gasteiger partial charge in [0.25, 0.3) is 0 Å². The van der Waals surface area contributed by atoms with E-state index in [1.54, 1.807) is 16.5 Å². The minimum atomic E-state index is -0.171. The monoisotopic (exact) mass is 343 g/mol. The van der Waals surface area contributed by atoms with Crippen LogP contribution in [0.5, 0.6) is 0 Å². The molecule has 24 heavy (non-hydrogen) atoms. The van der Waals surface area contributed by atoms with Gasteiger partial charge in [-0.3, -0.25) is 9.59 Å². The number of nitrogens with one attached hydrogen (secondary N) is 1. The van der Waals surface area contributed by atoms with Gasteiger partial charge in [0.05, 0.1) is 6.04 Å². The zero-order chi connectivity index (χ0) is 16.9. The van der Waals surface area contributed by atoms with E-state index in [4.69, 9.17) is 0 Å². The zero-order valence-corrected chi connectivity index (χ0v) is 14.5. The Morgan fingerprint density at radius 3 is 2.96 bits per heavy atom. The molecule has 1 heterocycles. The van der Waals surface area contributed by atoms with E-state index in [0.29, 0.717) is 5.13 Å². The van der Waals surface area contributed by atoms with Crippen LogP contribution in [0.3, 0.4) is 0 Å². The number of aryl methyl sites for hydroxylation is 1. The number of anilines is 1. The Bertz CT molecular complexity index is 715. The number of hydrogen-bond acceptors (Lipinski definition) is 4. The second-order valence-electron chi connectivity index (χ2n) is 6.00. The fraction of sp³-hybridized carbons (Fsp3) is 0.389. The van der Waals surface area contributed by atoms with Gasteiger partial charge in [0.1, 0.15) is 0 Å². The molecule has 0 fully saturated rings. The first kappa shape index (κ1) is 16.6. The molecular weight excluding hydrogens is 322 g/mol. The summed E-state index contributed by atoms with van der Waals surface area (Å²) >= 11 is 1.37. The second-order valence-corrected chi connectivity index (χ2v) is 6.89. The molecule has 126 valence electrons. The summed E-state index contributed by atoms with van der Waals surface area (Å²) in [5, 5.41) is 5.08. The first-order valence-electron chi connectivity index (χ1n) is 8.18. The summed E-state index contributed by atoms with van der Waals surface area (Å²) in [5.74, 6) is -0.165. The number of amides is 2. The molecule has 6 heteroatoms. The smallest absolute Gasteiger partial charge is 0.226 e. The maximum atomic E-state index is 12.5. The van der Waals surface area contributed by atoms with Crippen molar-refractivity contribution in [1.29, 1.82) is 0 Å². The van der Waals surface area contributed by atoms with Crippen molar-refractivity contribution < 1.29 is 9.59 Å². The molecule has 5 nitrogen and oxygen atoms in total. The molecule has 0 aliphatic heterocycles. The summed E-state index contributed by atoms with van der Waals surface area (Å²) in [6.45, 7) is 0. The van der Waals surface area contributed by atoms with E-state index in [2.05, 4.69) is 22.4 Å². The van der Waals surface area contributed by atoms with Crippen LogP contribution >= 0.6 is 11.3 Å². The third-order valence-electron chi connectivity index (χ3n) is 4.44. The molecule has 0 spiro atoms. The summed E-state index contributed by atoms with van der Waals surface area (Å²) in [7, 11) is 1.84. The van der Waals surface area contributed by atoms with Gasteiger partial charge < -0.3 is 10.2 Å². The van der Waals surface area contributed by atoms with E-state index >= 15 is 0 Å². The highest BCUT2D eigenvalue weighted by Gasteiger charge is 2.26. The Kier molecular flexibility index (Phi) is 5.25. The number of carbonyl (C=O) groups is 2. The molecule has 1 aliphatic carbocycles. The molecule has 1 N–H and O–H groups in total. The van der Waals surface area contributed by atoms with Crippen molar-refractivity contribution in [1.82, 2.24) is 9.88 Å². The average molecular weight is 343 g/mol. The standard InChI is InChI=1S/C18H21N3O2S/c1-21(15-8-4-6-13-5-2-3-7-14(13)15)17(23)10-9-16(22)20-18-19-11-12-24-18/h2-3,5,7,11-12,15H,4,6,8-10H2,1H3,(H,19,20,22)/t15-/m1/s1. The van der Waals surface area contributed by atoms with Crippen LogP contribution in [0.1, 0.15) is 42.9 Å². The molecule has 2 amide bonds. The Balaban J connectivity index is 1.56. The maximum Gasteiger partial charge on any atom is 0.226 e. The fourth-order valence-electron chi connectivity index (χ4n) is 3.17. The number of thiazole rings is 1. The molecule has 0 radical (unpaired) electrons. The quantitative estimate of drug-likeness (QED) is 0.905. The van der Waals surface area contributed by atoms with Crippen molar-refractivity contribution in [2.45, 2.75) is 38.1 Å². The number of hydrogen-bond donors (Lipinski definition) is 1. The summed E-state index contributed by atoms with van der Waals surface area (Å²) in [6.07, 6.45) is 5.17. The number of rotatable bonds is 5. The highest BCUT2D eigenvalue weighted by Crippen LogP contribution is 2.33. The molecule has 2 aromatic rings. The number of nitrogens with zero attached hydrogens (tertiary/aromatic N) is 2. The molecule has 1 aliphatic rings. The molecule has 3 rings (SSSR count). The van der Waals surface area contributed by atoms with Crippen LogP contribution in [0.4, 0.5) is 5.13 Å². The minimum Gasteiger partial charge on any atom is -0.339 e. The lowest BCUT2D eigenvalue weighted by Gasteiger charge is -2.33. The molecule has 1 aromatic carbocycles. The van der Waals surface area contributed by atoms with Crippen molar-refractivity contribution in [3.8, 4) is 0 Å². The molecule has 0 bridgehead atoms. The van der Waals surface area contributed by atoms with Crippen LogP contribution < -0.4 is 5.32 Å². The molecule has 1 atom stereocenters. The topological polar surface area (TPSA) is 62.3 Å². The van der Waals surface area contributed by atoms with Crippen LogP contribution in [0, 0.1) is 0 Å². The lowest BCUT2D eigenvalue weighted by atomic mass is 9.87. The highest BCUT2D eigenvalue weighted by atomic mass is 32.1. The Morgan fingerprint density at radius 2 is 2.17 bits per heavy atom. The Labute approximate surface area is 145 Å². The van der Waals surface area contributed by atoms with E-state index in [-0.39, 0.29) is 30.7 Å². The van der Waals surface area contributed by atoms with Crippen molar-refractivity contribution in [2.24, 2.45) is 0 Å². The average Bonchev–Trinajstić information content (AvgIpc) is 3.11. The number of benzene rings is 1. The van der Waals surface area contributed by atoms with E-state index < -0.39 is 0 Å². The van der Waals surface area contributed by atoms with Crippen molar-refractivity contribution in [2.75, 3.05) is 12.4 Å². The van der Waals surface area contributed by atoms with Crippen molar-refractivity contribution in [3.63, 3.8) is 0 Å². The molecular formula is C18H21N3O2S. The lowest BCUT2D eigenvalue weighted by Crippen LogP contribution is -2.33. The predicted octanol–water partition coefficient (Wildman–Crippen LogP) is 3.40. The second kappa shape index (κ2) is 7.57. The van der Waals surface area contributed by atoms with E-state index in [1.807, 2.05) is 19.2 Å².